The molecule has 2 rings (SSSR count). The summed E-state index contributed by atoms with van der Waals surface area (Å²) in [6.07, 6.45) is 0. The van der Waals surface area contributed by atoms with E-state index in [2.05, 4.69) is 10.6 Å². The zero-order chi connectivity index (χ0) is 18.3. The molecule has 0 saturated heterocycles. The van der Waals surface area contributed by atoms with Gasteiger partial charge in [-0.25, -0.2) is 0 Å². The van der Waals surface area contributed by atoms with Crippen LogP contribution in [0.3, 0.4) is 0 Å². The van der Waals surface area contributed by atoms with Crippen molar-refractivity contribution in [3.8, 4) is 0 Å². The smallest absolute Gasteiger partial charge is 0.234 e. The SMILES string of the molecule is CC(C)(C)C(=O)Nc1cccc(NC(=O)CSCc2ccccc2)c1. The maximum Gasteiger partial charge on any atom is 0.234 e. The number of benzene rings is 2. The monoisotopic (exact) mass is 356 g/mol. The molecule has 0 aliphatic heterocycles. The predicted octanol–water partition coefficient (Wildman–Crippen LogP) is 4.54. The molecule has 0 heterocycles. The normalized spacial score (nSPS) is 11.0. The summed E-state index contributed by atoms with van der Waals surface area (Å²) in [4.78, 5) is 24.1. The van der Waals surface area contributed by atoms with E-state index >= 15 is 0 Å². The average molecular weight is 356 g/mol. The highest BCUT2D eigenvalue weighted by molar-refractivity contribution is 7.99. The van der Waals surface area contributed by atoms with Crippen LogP contribution in [0.25, 0.3) is 0 Å². The second-order valence-corrected chi connectivity index (χ2v) is 7.80. The highest BCUT2D eigenvalue weighted by Crippen LogP contribution is 2.20. The Hall–Kier alpha value is -2.27. The third-order valence-corrected chi connectivity index (χ3v) is 4.43. The van der Waals surface area contributed by atoms with Gasteiger partial charge in [0.15, 0.2) is 0 Å². The Morgan fingerprint density at radius 1 is 0.920 bits per heavy atom. The van der Waals surface area contributed by atoms with E-state index in [1.807, 2.05) is 69.3 Å². The summed E-state index contributed by atoms with van der Waals surface area (Å²) in [6, 6.07) is 17.3. The third kappa shape index (κ3) is 6.63. The summed E-state index contributed by atoms with van der Waals surface area (Å²) in [6.45, 7) is 5.58. The summed E-state index contributed by atoms with van der Waals surface area (Å²) in [7, 11) is 0. The number of thioether (sulfide) groups is 1. The van der Waals surface area contributed by atoms with E-state index in [4.69, 9.17) is 0 Å². The molecule has 0 atom stereocenters. The number of anilines is 2. The Labute approximate surface area is 153 Å². The van der Waals surface area contributed by atoms with E-state index in [9.17, 15) is 9.59 Å². The molecule has 0 aliphatic carbocycles. The Kier molecular flexibility index (Phi) is 6.65. The van der Waals surface area contributed by atoms with Crippen molar-refractivity contribution in [2.75, 3.05) is 16.4 Å². The number of hydrogen-bond acceptors (Lipinski definition) is 3. The predicted molar refractivity (Wildman–Crippen MR) is 106 cm³/mol. The Bertz CT molecular complexity index is 724. The molecule has 0 bridgehead atoms. The van der Waals surface area contributed by atoms with Gasteiger partial charge in [0.05, 0.1) is 5.75 Å². The molecule has 0 unspecified atom stereocenters. The van der Waals surface area contributed by atoms with Crippen molar-refractivity contribution in [2.45, 2.75) is 26.5 Å². The van der Waals surface area contributed by atoms with E-state index in [1.54, 1.807) is 17.8 Å². The fourth-order valence-corrected chi connectivity index (χ4v) is 2.81. The molecule has 2 amide bonds. The molecule has 0 fully saturated rings. The van der Waals surface area contributed by atoms with E-state index in [-0.39, 0.29) is 11.8 Å². The van der Waals surface area contributed by atoms with Crippen molar-refractivity contribution >= 4 is 35.0 Å². The molecule has 4 nitrogen and oxygen atoms in total. The van der Waals surface area contributed by atoms with Crippen LogP contribution in [0.1, 0.15) is 26.3 Å². The highest BCUT2D eigenvalue weighted by Gasteiger charge is 2.21. The molecule has 132 valence electrons. The molecule has 0 saturated carbocycles. The number of carbonyl (C=O) groups excluding carboxylic acids is 2. The second-order valence-electron chi connectivity index (χ2n) is 6.81. The summed E-state index contributed by atoms with van der Waals surface area (Å²) < 4.78 is 0. The number of carbonyl (C=O) groups is 2. The highest BCUT2D eigenvalue weighted by atomic mass is 32.2. The van der Waals surface area contributed by atoms with Crippen LogP contribution in [0.4, 0.5) is 11.4 Å². The van der Waals surface area contributed by atoms with E-state index < -0.39 is 5.41 Å². The fraction of sp³-hybridized carbons (Fsp3) is 0.300. The average Bonchev–Trinajstić information content (AvgIpc) is 2.55. The summed E-state index contributed by atoms with van der Waals surface area (Å²) in [5.41, 5.74) is 2.09. The van der Waals surface area contributed by atoms with Crippen LogP contribution >= 0.6 is 11.8 Å². The molecule has 5 heteroatoms. The van der Waals surface area contributed by atoms with Gasteiger partial charge in [0.25, 0.3) is 0 Å². The van der Waals surface area contributed by atoms with Gasteiger partial charge in [-0.1, -0.05) is 57.2 Å². The number of hydrogen-bond donors (Lipinski definition) is 2. The Morgan fingerprint density at radius 2 is 1.56 bits per heavy atom. The minimum atomic E-state index is -0.465. The molecule has 0 aliphatic rings. The van der Waals surface area contributed by atoms with Gasteiger partial charge in [0, 0.05) is 22.5 Å². The maximum atomic E-state index is 12.1. The van der Waals surface area contributed by atoms with Crippen LogP contribution in [0.15, 0.2) is 54.6 Å². The molecule has 0 aromatic heterocycles. The zero-order valence-electron chi connectivity index (χ0n) is 14.8. The first-order valence-electron chi connectivity index (χ1n) is 8.17. The van der Waals surface area contributed by atoms with Gasteiger partial charge in [0.1, 0.15) is 0 Å². The second kappa shape index (κ2) is 8.72. The zero-order valence-corrected chi connectivity index (χ0v) is 15.7. The summed E-state index contributed by atoms with van der Waals surface area (Å²) >= 11 is 1.57. The number of nitrogens with one attached hydrogen (secondary N) is 2. The van der Waals surface area contributed by atoms with Gasteiger partial charge in [-0.05, 0) is 23.8 Å². The summed E-state index contributed by atoms with van der Waals surface area (Å²) in [5.74, 6) is 1.07. The minimum Gasteiger partial charge on any atom is -0.326 e. The fourth-order valence-electron chi connectivity index (χ4n) is 2.03. The molecule has 25 heavy (non-hydrogen) atoms. The number of rotatable bonds is 6. The van der Waals surface area contributed by atoms with Crippen LogP contribution < -0.4 is 10.6 Å². The van der Waals surface area contributed by atoms with Gasteiger partial charge in [-0.15, -0.1) is 11.8 Å². The minimum absolute atomic E-state index is 0.0553. The molecular weight excluding hydrogens is 332 g/mol. The lowest BCUT2D eigenvalue weighted by Gasteiger charge is -2.18. The van der Waals surface area contributed by atoms with Crippen LogP contribution in [-0.4, -0.2) is 17.6 Å². The van der Waals surface area contributed by atoms with Crippen molar-refractivity contribution in [1.29, 1.82) is 0 Å². The standard InChI is InChI=1S/C20H24N2O2S/c1-20(2,3)19(24)22-17-11-7-10-16(12-17)21-18(23)14-25-13-15-8-5-4-6-9-15/h4-12H,13-14H2,1-3H3,(H,21,23)(H,22,24). The van der Waals surface area contributed by atoms with Crippen molar-refractivity contribution in [1.82, 2.24) is 0 Å². The van der Waals surface area contributed by atoms with Crippen LogP contribution in [0.5, 0.6) is 0 Å². The first kappa shape index (κ1) is 19.1. The van der Waals surface area contributed by atoms with E-state index in [1.165, 1.54) is 5.56 Å². The lowest BCUT2D eigenvalue weighted by atomic mass is 9.95. The van der Waals surface area contributed by atoms with Gasteiger partial charge < -0.3 is 10.6 Å². The summed E-state index contributed by atoms with van der Waals surface area (Å²) in [5, 5.41) is 5.73. The van der Waals surface area contributed by atoms with E-state index in [0.29, 0.717) is 17.1 Å². The maximum absolute atomic E-state index is 12.1. The lowest BCUT2D eigenvalue weighted by molar-refractivity contribution is -0.123. The van der Waals surface area contributed by atoms with Crippen LogP contribution in [0, 0.1) is 5.41 Å². The first-order valence-corrected chi connectivity index (χ1v) is 9.33. The molecule has 2 aromatic rings. The Balaban J connectivity index is 1.84. The molecular formula is C20H24N2O2S. The molecule has 2 N–H and O–H groups in total. The van der Waals surface area contributed by atoms with E-state index in [0.717, 1.165) is 5.75 Å². The number of amides is 2. The van der Waals surface area contributed by atoms with Crippen molar-refractivity contribution < 1.29 is 9.59 Å². The van der Waals surface area contributed by atoms with Crippen molar-refractivity contribution in [3.05, 3.63) is 60.2 Å². The van der Waals surface area contributed by atoms with Gasteiger partial charge in [-0.3, -0.25) is 9.59 Å². The van der Waals surface area contributed by atoms with Crippen LogP contribution in [0.2, 0.25) is 0 Å². The van der Waals surface area contributed by atoms with Gasteiger partial charge >= 0.3 is 0 Å². The largest absolute Gasteiger partial charge is 0.326 e. The third-order valence-electron chi connectivity index (χ3n) is 3.43. The molecule has 2 aromatic carbocycles. The molecule has 0 spiro atoms. The molecule has 0 radical (unpaired) electrons. The van der Waals surface area contributed by atoms with Crippen LogP contribution in [-0.2, 0) is 15.3 Å². The first-order chi connectivity index (χ1) is 11.8. The van der Waals surface area contributed by atoms with Gasteiger partial charge in [-0.2, -0.15) is 0 Å². The van der Waals surface area contributed by atoms with Gasteiger partial charge in [0.2, 0.25) is 11.8 Å². The quantitative estimate of drug-likeness (QED) is 0.799. The van der Waals surface area contributed by atoms with Crippen molar-refractivity contribution in [2.24, 2.45) is 5.41 Å². The lowest BCUT2D eigenvalue weighted by Crippen LogP contribution is -2.27. The topological polar surface area (TPSA) is 58.2 Å². The Morgan fingerprint density at radius 3 is 2.20 bits per heavy atom. The van der Waals surface area contributed by atoms with Crippen molar-refractivity contribution in [3.63, 3.8) is 0 Å².